The number of methoxy groups -OCH3 is 1. The number of nitrogens with zero attached hydrogens (tertiary/aromatic N) is 2. The summed E-state index contributed by atoms with van der Waals surface area (Å²) in [6.07, 6.45) is 0. The highest BCUT2D eigenvalue weighted by molar-refractivity contribution is 5.91. The Bertz CT molecular complexity index is 677. The molecule has 6 nitrogen and oxygen atoms in total. The zero-order valence-corrected chi connectivity index (χ0v) is 12.6. The standard InChI is InChI=1S/C15H19N3O3/c1-9-11(15(19)20)6-5-7-13(9)16-8-12-10(2)17-18(3)14(12)21-4/h5-7,16H,8H2,1-4H3,(H,19,20). The van der Waals surface area contributed by atoms with Crippen LogP contribution in [0.4, 0.5) is 5.69 Å². The van der Waals surface area contributed by atoms with E-state index in [1.54, 1.807) is 30.8 Å². The average Bonchev–Trinajstić information content (AvgIpc) is 2.70. The molecule has 2 N–H and O–H groups in total. The maximum Gasteiger partial charge on any atom is 0.336 e. The molecule has 0 unspecified atom stereocenters. The van der Waals surface area contributed by atoms with Gasteiger partial charge in [0.15, 0.2) is 0 Å². The van der Waals surface area contributed by atoms with Crippen LogP contribution in [0.15, 0.2) is 18.2 Å². The van der Waals surface area contributed by atoms with Crippen LogP contribution in [0.25, 0.3) is 0 Å². The number of rotatable bonds is 5. The molecule has 0 bridgehead atoms. The van der Waals surface area contributed by atoms with Gasteiger partial charge in [0.25, 0.3) is 0 Å². The molecule has 2 aromatic rings. The van der Waals surface area contributed by atoms with E-state index in [4.69, 9.17) is 9.84 Å². The van der Waals surface area contributed by atoms with E-state index < -0.39 is 5.97 Å². The van der Waals surface area contributed by atoms with E-state index in [1.807, 2.05) is 20.0 Å². The molecule has 2 rings (SSSR count). The van der Waals surface area contributed by atoms with Gasteiger partial charge in [0, 0.05) is 19.3 Å². The first-order chi connectivity index (χ1) is 9.95. The minimum Gasteiger partial charge on any atom is -0.481 e. The fourth-order valence-corrected chi connectivity index (χ4v) is 2.38. The molecule has 0 fully saturated rings. The van der Waals surface area contributed by atoms with Crippen LogP contribution in [0.1, 0.15) is 27.2 Å². The predicted octanol–water partition coefficient (Wildman–Crippen LogP) is 2.36. The van der Waals surface area contributed by atoms with Crippen LogP contribution >= 0.6 is 0 Å². The molecule has 21 heavy (non-hydrogen) atoms. The molecule has 0 radical (unpaired) electrons. The Labute approximate surface area is 123 Å². The van der Waals surface area contributed by atoms with Gasteiger partial charge in [-0.1, -0.05) is 6.07 Å². The summed E-state index contributed by atoms with van der Waals surface area (Å²) in [7, 11) is 3.43. The third-order valence-corrected chi connectivity index (χ3v) is 3.50. The molecule has 0 aliphatic rings. The molecular weight excluding hydrogens is 270 g/mol. The highest BCUT2D eigenvalue weighted by atomic mass is 16.5. The number of aromatic nitrogens is 2. The second-order valence-corrected chi connectivity index (χ2v) is 4.83. The third-order valence-electron chi connectivity index (χ3n) is 3.50. The number of carbonyl (C=O) groups is 1. The molecule has 0 aliphatic heterocycles. The number of aromatic carboxylic acids is 1. The number of carboxylic acids is 1. The monoisotopic (exact) mass is 289 g/mol. The number of anilines is 1. The Morgan fingerprint density at radius 3 is 2.76 bits per heavy atom. The maximum absolute atomic E-state index is 11.1. The van der Waals surface area contributed by atoms with Gasteiger partial charge in [-0.2, -0.15) is 5.10 Å². The summed E-state index contributed by atoms with van der Waals surface area (Å²) >= 11 is 0. The summed E-state index contributed by atoms with van der Waals surface area (Å²) in [5.41, 5.74) is 3.65. The smallest absolute Gasteiger partial charge is 0.336 e. The van der Waals surface area contributed by atoms with Crippen LogP contribution in [-0.2, 0) is 13.6 Å². The van der Waals surface area contributed by atoms with Gasteiger partial charge < -0.3 is 15.2 Å². The first kappa shape index (κ1) is 14.9. The van der Waals surface area contributed by atoms with Gasteiger partial charge in [-0.3, -0.25) is 0 Å². The predicted molar refractivity (Wildman–Crippen MR) is 80.0 cm³/mol. The first-order valence-corrected chi connectivity index (χ1v) is 6.59. The highest BCUT2D eigenvalue weighted by Crippen LogP contribution is 2.24. The van der Waals surface area contributed by atoms with Crippen molar-refractivity contribution in [2.75, 3.05) is 12.4 Å². The second-order valence-electron chi connectivity index (χ2n) is 4.83. The molecule has 112 valence electrons. The number of hydrogen-bond acceptors (Lipinski definition) is 4. The van der Waals surface area contributed by atoms with E-state index in [0.717, 1.165) is 16.9 Å². The molecule has 1 aromatic heterocycles. The zero-order valence-electron chi connectivity index (χ0n) is 12.6. The molecule has 0 aliphatic carbocycles. The molecule has 0 amide bonds. The summed E-state index contributed by atoms with van der Waals surface area (Å²) in [6.45, 7) is 4.23. The Morgan fingerprint density at radius 1 is 1.43 bits per heavy atom. The van der Waals surface area contributed by atoms with Crippen molar-refractivity contribution in [3.63, 3.8) is 0 Å². The van der Waals surface area contributed by atoms with Gasteiger partial charge in [-0.05, 0) is 31.5 Å². The summed E-state index contributed by atoms with van der Waals surface area (Å²) in [4.78, 5) is 11.1. The third kappa shape index (κ3) is 2.84. The van der Waals surface area contributed by atoms with Gasteiger partial charge in [-0.15, -0.1) is 0 Å². The lowest BCUT2D eigenvalue weighted by Crippen LogP contribution is -2.07. The average molecular weight is 289 g/mol. The first-order valence-electron chi connectivity index (χ1n) is 6.59. The number of nitrogens with one attached hydrogen (secondary N) is 1. The van der Waals surface area contributed by atoms with Crippen LogP contribution in [-0.4, -0.2) is 28.0 Å². The minimum atomic E-state index is -0.925. The lowest BCUT2D eigenvalue weighted by atomic mass is 10.1. The maximum atomic E-state index is 11.1. The molecule has 0 atom stereocenters. The molecule has 1 heterocycles. The summed E-state index contributed by atoms with van der Waals surface area (Å²) < 4.78 is 7.03. The van der Waals surface area contributed by atoms with Crippen LogP contribution in [0, 0.1) is 13.8 Å². The Hall–Kier alpha value is -2.50. The number of aryl methyl sites for hydroxylation is 2. The Kier molecular flexibility index (Phi) is 4.16. The molecule has 0 spiro atoms. The van der Waals surface area contributed by atoms with E-state index in [0.29, 0.717) is 23.6 Å². The van der Waals surface area contributed by atoms with Crippen LogP contribution in [0.5, 0.6) is 5.88 Å². The van der Waals surface area contributed by atoms with Crippen LogP contribution in [0.3, 0.4) is 0 Å². The van der Waals surface area contributed by atoms with Crippen molar-refractivity contribution in [1.82, 2.24) is 9.78 Å². The van der Waals surface area contributed by atoms with Crippen molar-refractivity contribution >= 4 is 11.7 Å². The van der Waals surface area contributed by atoms with Crippen molar-refractivity contribution in [2.24, 2.45) is 7.05 Å². The van der Waals surface area contributed by atoms with E-state index in [2.05, 4.69) is 10.4 Å². The van der Waals surface area contributed by atoms with Crippen LogP contribution < -0.4 is 10.1 Å². The lowest BCUT2D eigenvalue weighted by molar-refractivity contribution is 0.0696. The topological polar surface area (TPSA) is 76.4 Å². The van der Waals surface area contributed by atoms with E-state index in [1.165, 1.54) is 0 Å². The Balaban J connectivity index is 2.25. The van der Waals surface area contributed by atoms with Gasteiger partial charge >= 0.3 is 5.97 Å². The lowest BCUT2D eigenvalue weighted by Gasteiger charge is -2.12. The molecular formula is C15H19N3O3. The van der Waals surface area contributed by atoms with Gasteiger partial charge in [0.1, 0.15) is 0 Å². The van der Waals surface area contributed by atoms with Crippen molar-refractivity contribution < 1.29 is 14.6 Å². The van der Waals surface area contributed by atoms with E-state index >= 15 is 0 Å². The second kappa shape index (κ2) is 5.87. The summed E-state index contributed by atoms with van der Waals surface area (Å²) in [6, 6.07) is 5.19. The highest BCUT2D eigenvalue weighted by Gasteiger charge is 2.15. The van der Waals surface area contributed by atoms with Gasteiger partial charge in [0.05, 0.1) is 23.9 Å². The van der Waals surface area contributed by atoms with Gasteiger partial charge in [0.2, 0.25) is 5.88 Å². The molecule has 0 saturated carbocycles. The minimum absolute atomic E-state index is 0.301. The van der Waals surface area contributed by atoms with Crippen molar-refractivity contribution in [3.8, 4) is 5.88 Å². The van der Waals surface area contributed by atoms with E-state index in [9.17, 15) is 4.79 Å². The fourth-order valence-electron chi connectivity index (χ4n) is 2.38. The normalized spacial score (nSPS) is 10.5. The number of hydrogen-bond donors (Lipinski definition) is 2. The van der Waals surface area contributed by atoms with Gasteiger partial charge in [-0.25, -0.2) is 9.48 Å². The Morgan fingerprint density at radius 2 is 2.14 bits per heavy atom. The quantitative estimate of drug-likeness (QED) is 0.883. The SMILES string of the molecule is COc1c(CNc2cccc(C(=O)O)c2C)c(C)nn1C. The zero-order chi connectivity index (χ0) is 15.6. The fraction of sp³-hybridized carbons (Fsp3) is 0.333. The van der Waals surface area contributed by atoms with Crippen molar-refractivity contribution in [3.05, 3.63) is 40.6 Å². The molecule has 6 heteroatoms. The van der Waals surface area contributed by atoms with Crippen molar-refractivity contribution in [1.29, 1.82) is 0 Å². The summed E-state index contributed by atoms with van der Waals surface area (Å²) in [5, 5.41) is 16.7. The summed E-state index contributed by atoms with van der Waals surface area (Å²) in [5.74, 6) is -0.224. The van der Waals surface area contributed by atoms with Crippen LogP contribution in [0.2, 0.25) is 0 Å². The molecule has 0 saturated heterocycles. The number of carboxylic acid groups (broad SMARTS) is 1. The number of benzene rings is 1. The molecule has 1 aromatic carbocycles. The largest absolute Gasteiger partial charge is 0.481 e. The number of ether oxygens (including phenoxy) is 1. The van der Waals surface area contributed by atoms with Crippen molar-refractivity contribution in [2.45, 2.75) is 20.4 Å². The van der Waals surface area contributed by atoms with E-state index in [-0.39, 0.29) is 0 Å².